The van der Waals surface area contributed by atoms with Crippen LogP contribution in [0.15, 0.2) is 65.1 Å². The van der Waals surface area contributed by atoms with E-state index < -0.39 is 10.8 Å². The molecular formula is C24H19FN4O5. The summed E-state index contributed by atoms with van der Waals surface area (Å²) in [5.74, 6) is -0.519. The molecule has 0 saturated carbocycles. The van der Waals surface area contributed by atoms with Crippen molar-refractivity contribution in [2.24, 2.45) is 0 Å². The van der Waals surface area contributed by atoms with Gasteiger partial charge in [-0.2, -0.15) is 0 Å². The van der Waals surface area contributed by atoms with Crippen LogP contribution in [-0.2, 0) is 4.74 Å². The van der Waals surface area contributed by atoms with Gasteiger partial charge in [-0.1, -0.05) is 0 Å². The number of anilines is 2. The van der Waals surface area contributed by atoms with Gasteiger partial charge in [-0.15, -0.1) is 0 Å². The molecular weight excluding hydrogens is 443 g/mol. The third-order valence-corrected chi connectivity index (χ3v) is 5.52. The Kier molecular flexibility index (Phi) is 5.64. The summed E-state index contributed by atoms with van der Waals surface area (Å²) in [6, 6.07) is 15.2. The molecule has 1 amide bonds. The summed E-state index contributed by atoms with van der Waals surface area (Å²) >= 11 is 0. The lowest BCUT2D eigenvalue weighted by molar-refractivity contribution is -0.384. The second-order valence-electron chi connectivity index (χ2n) is 7.72. The van der Waals surface area contributed by atoms with Crippen LogP contribution in [0.2, 0.25) is 0 Å². The Morgan fingerprint density at radius 2 is 1.82 bits per heavy atom. The molecule has 0 atom stereocenters. The zero-order chi connectivity index (χ0) is 23.7. The van der Waals surface area contributed by atoms with Gasteiger partial charge in [-0.05, 0) is 54.6 Å². The Morgan fingerprint density at radius 1 is 1.06 bits per heavy atom. The SMILES string of the molecule is O=C(Nc1ccc2oc(-c3ccc(F)cc3)nc2c1)c1ccc(N2CCOCC2)c([N+](=O)[O-])c1. The number of benzene rings is 3. The van der Waals surface area contributed by atoms with Crippen LogP contribution in [0, 0.1) is 15.9 Å². The van der Waals surface area contributed by atoms with Gasteiger partial charge in [-0.25, -0.2) is 9.37 Å². The van der Waals surface area contributed by atoms with Gasteiger partial charge < -0.3 is 19.4 Å². The zero-order valence-corrected chi connectivity index (χ0v) is 17.9. The number of nitro groups is 1. The third-order valence-electron chi connectivity index (χ3n) is 5.52. The zero-order valence-electron chi connectivity index (χ0n) is 17.9. The quantitative estimate of drug-likeness (QED) is 0.340. The van der Waals surface area contributed by atoms with Gasteiger partial charge in [-0.3, -0.25) is 14.9 Å². The van der Waals surface area contributed by atoms with E-state index in [-0.39, 0.29) is 17.1 Å². The molecule has 1 saturated heterocycles. The fraction of sp³-hybridized carbons (Fsp3) is 0.167. The van der Waals surface area contributed by atoms with Crippen LogP contribution in [-0.4, -0.2) is 42.1 Å². The maximum atomic E-state index is 13.2. The minimum atomic E-state index is -0.488. The monoisotopic (exact) mass is 462 g/mol. The average molecular weight is 462 g/mol. The van der Waals surface area contributed by atoms with E-state index >= 15 is 0 Å². The molecule has 0 unspecified atom stereocenters. The minimum Gasteiger partial charge on any atom is -0.436 e. The second-order valence-corrected chi connectivity index (χ2v) is 7.72. The summed E-state index contributed by atoms with van der Waals surface area (Å²) in [5, 5.41) is 14.4. The number of carbonyl (C=O) groups excluding carboxylic acids is 1. The van der Waals surface area contributed by atoms with Crippen LogP contribution >= 0.6 is 0 Å². The number of fused-ring (bicyclic) bond motifs is 1. The van der Waals surface area contributed by atoms with Crippen molar-refractivity contribution in [1.82, 2.24) is 4.98 Å². The van der Waals surface area contributed by atoms with E-state index in [0.717, 1.165) is 0 Å². The van der Waals surface area contributed by atoms with Gasteiger partial charge in [0.25, 0.3) is 11.6 Å². The number of carbonyl (C=O) groups is 1. The fourth-order valence-electron chi connectivity index (χ4n) is 3.81. The molecule has 9 nitrogen and oxygen atoms in total. The van der Waals surface area contributed by atoms with Crippen molar-refractivity contribution in [3.63, 3.8) is 0 Å². The van der Waals surface area contributed by atoms with Gasteiger partial charge >= 0.3 is 0 Å². The number of morpholine rings is 1. The van der Waals surface area contributed by atoms with Crippen LogP contribution in [0.5, 0.6) is 0 Å². The number of hydrogen-bond acceptors (Lipinski definition) is 7. The first-order chi connectivity index (χ1) is 16.5. The van der Waals surface area contributed by atoms with Crippen molar-refractivity contribution in [2.45, 2.75) is 0 Å². The van der Waals surface area contributed by atoms with Gasteiger partial charge in [0, 0.05) is 36.0 Å². The molecule has 34 heavy (non-hydrogen) atoms. The van der Waals surface area contributed by atoms with Crippen molar-refractivity contribution in [1.29, 1.82) is 0 Å². The molecule has 4 aromatic rings. The van der Waals surface area contributed by atoms with E-state index in [1.54, 1.807) is 42.5 Å². The second kappa shape index (κ2) is 8.91. The van der Waals surface area contributed by atoms with Gasteiger partial charge in [0.2, 0.25) is 5.89 Å². The van der Waals surface area contributed by atoms with Crippen LogP contribution < -0.4 is 10.2 Å². The van der Waals surface area contributed by atoms with Crippen LogP contribution in [0.4, 0.5) is 21.5 Å². The first kappa shape index (κ1) is 21.5. The molecule has 1 aliphatic rings. The number of nitrogens with zero attached hydrogens (tertiary/aromatic N) is 3. The lowest BCUT2D eigenvalue weighted by Gasteiger charge is -2.28. The van der Waals surface area contributed by atoms with Crippen molar-refractivity contribution in [2.75, 3.05) is 36.5 Å². The van der Waals surface area contributed by atoms with Crippen molar-refractivity contribution in [3.8, 4) is 11.5 Å². The maximum Gasteiger partial charge on any atom is 0.293 e. The van der Waals surface area contributed by atoms with Gasteiger partial charge in [0.15, 0.2) is 5.58 Å². The molecule has 0 radical (unpaired) electrons. The number of hydrogen-bond donors (Lipinski definition) is 1. The number of halogens is 1. The number of aromatic nitrogens is 1. The molecule has 5 rings (SSSR count). The Labute approximate surface area is 192 Å². The van der Waals surface area contributed by atoms with Gasteiger partial charge in [0.1, 0.15) is 17.0 Å². The maximum absolute atomic E-state index is 13.2. The molecule has 10 heteroatoms. The summed E-state index contributed by atoms with van der Waals surface area (Å²) in [7, 11) is 0. The molecule has 1 aromatic heterocycles. The third kappa shape index (κ3) is 4.30. The highest BCUT2D eigenvalue weighted by atomic mass is 19.1. The molecule has 3 aromatic carbocycles. The van der Waals surface area contributed by atoms with Crippen LogP contribution in [0.25, 0.3) is 22.6 Å². The van der Waals surface area contributed by atoms with E-state index in [1.807, 2.05) is 4.90 Å². The van der Waals surface area contributed by atoms with Crippen LogP contribution in [0.3, 0.4) is 0 Å². The predicted octanol–water partition coefficient (Wildman–Crippen LogP) is 4.63. The Morgan fingerprint density at radius 3 is 2.56 bits per heavy atom. The summed E-state index contributed by atoms with van der Waals surface area (Å²) in [5.41, 5.74) is 2.57. The highest BCUT2D eigenvalue weighted by Gasteiger charge is 2.23. The summed E-state index contributed by atoms with van der Waals surface area (Å²) < 4.78 is 24.2. The van der Waals surface area contributed by atoms with E-state index in [0.29, 0.717) is 60.2 Å². The number of nitrogens with one attached hydrogen (secondary N) is 1. The Bertz CT molecular complexity index is 1380. The first-order valence-electron chi connectivity index (χ1n) is 10.6. The standard InChI is InChI=1S/C24H19FN4O5/c25-17-4-1-15(2-5-17)24-27-19-14-18(6-8-22(19)34-24)26-23(30)16-3-7-20(21(13-16)29(31)32)28-9-11-33-12-10-28/h1-8,13-14H,9-12H2,(H,26,30). The first-order valence-corrected chi connectivity index (χ1v) is 10.6. The number of oxazole rings is 1. The normalized spacial score (nSPS) is 13.7. The largest absolute Gasteiger partial charge is 0.436 e. The topological polar surface area (TPSA) is 111 Å². The molecule has 0 spiro atoms. The molecule has 172 valence electrons. The van der Waals surface area contributed by atoms with E-state index in [1.165, 1.54) is 18.2 Å². The van der Waals surface area contributed by atoms with Crippen molar-refractivity contribution < 1.29 is 23.3 Å². The Balaban J connectivity index is 1.38. The smallest absolute Gasteiger partial charge is 0.293 e. The molecule has 0 bridgehead atoms. The van der Waals surface area contributed by atoms with Gasteiger partial charge in [0.05, 0.1) is 18.1 Å². The van der Waals surface area contributed by atoms with E-state index in [9.17, 15) is 19.3 Å². The van der Waals surface area contributed by atoms with Crippen molar-refractivity contribution >= 4 is 34.1 Å². The minimum absolute atomic E-state index is 0.134. The predicted molar refractivity (Wildman–Crippen MR) is 123 cm³/mol. The lowest BCUT2D eigenvalue weighted by Crippen LogP contribution is -2.36. The number of rotatable bonds is 5. The van der Waals surface area contributed by atoms with E-state index in [2.05, 4.69) is 10.3 Å². The molecule has 1 aliphatic heterocycles. The highest BCUT2D eigenvalue weighted by molar-refractivity contribution is 6.05. The van der Waals surface area contributed by atoms with Crippen molar-refractivity contribution in [3.05, 3.63) is 82.2 Å². The average Bonchev–Trinajstić information content (AvgIpc) is 3.28. The molecule has 1 N–H and O–H groups in total. The summed E-state index contributed by atoms with van der Waals surface area (Å²) in [6.07, 6.45) is 0. The molecule has 0 aliphatic carbocycles. The Hall–Kier alpha value is -4.31. The summed E-state index contributed by atoms with van der Waals surface area (Å²) in [6.45, 7) is 2.08. The number of amides is 1. The lowest BCUT2D eigenvalue weighted by atomic mass is 10.1. The molecule has 1 fully saturated rings. The fourth-order valence-corrected chi connectivity index (χ4v) is 3.81. The number of nitro benzene ring substituents is 1. The summed E-state index contributed by atoms with van der Waals surface area (Å²) in [4.78, 5) is 30.3. The van der Waals surface area contributed by atoms with Crippen LogP contribution in [0.1, 0.15) is 10.4 Å². The number of ether oxygens (including phenoxy) is 1. The highest BCUT2D eigenvalue weighted by Crippen LogP contribution is 2.31. The molecule has 2 heterocycles. The van der Waals surface area contributed by atoms with E-state index in [4.69, 9.17) is 9.15 Å².